The van der Waals surface area contributed by atoms with Crippen molar-refractivity contribution in [3.05, 3.63) is 33.9 Å². The number of nitro groups is 1. The van der Waals surface area contributed by atoms with Gasteiger partial charge in [0.15, 0.2) is 5.75 Å². The van der Waals surface area contributed by atoms with Crippen LogP contribution in [0.4, 0.5) is 5.69 Å². The summed E-state index contributed by atoms with van der Waals surface area (Å²) in [5.74, 6) is -0.638. The summed E-state index contributed by atoms with van der Waals surface area (Å²) in [6.07, 6.45) is 1.45. The lowest BCUT2D eigenvalue weighted by molar-refractivity contribution is -0.385. The Balaban J connectivity index is 2.19. The van der Waals surface area contributed by atoms with E-state index >= 15 is 0 Å². The van der Waals surface area contributed by atoms with Gasteiger partial charge in [-0.2, -0.15) is 0 Å². The van der Waals surface area contributed by atoms with E-state index in [4.69, 9.17) is 9.84 Å². The van der Waals surface area contributed by atoms with E-state index in [0.29, 0.717) is 25.1 Å². The molecule has 20 heavy (non-hydrogen) atoms. The molecule has 2 rings (SSSR count). The van der Waals surface area contributed by atoms with Crippen molar-refractivity contribution in [2.75, 3.05) is 13.7 Å². The number of carboxylic acid groups (broad SMARTS) is 1. The van der Waals surface area contributed by atoms with Gasteiger partial charge < -0.3 is 9.84 Å². The minimum atomic E-state index is -0.842. The molecule has 0 radical (unpaired) electrons. The van der Waals surface area contributed by atoms with Crippen LogP contribution in [0.2, 0.25) is 0 Å². The van der Waals surface area contributed by atoms with Gasteiger partial charge in [0, 0.05) is 12.6 Å². The molecular formula is C13H16N2O5. The Morgan fingerprint density at radius 1 is 1.60 bits per heavy atom. The van der Waals surface area contributed by atoms with Crippen molar-refractivity contribution >= 4 is 11.7 Å². The van der Waals surface area contributed by atoms with Crippen LogP contribution < -0.4 is 4.74 Å². The first-order valence-corrected chi connectivity index (χ1v) is 6.31. The van der Waals surface area contributed by atoms with E-state index in [9.17, 15) is 14.9 Å². The molecule has 1 N–H and O–H groups in total. The van der Waals surface area contributed by atoms with E-state index in [2.05, 4.69) is 0 Å². The van der Waals surface area contributed by atoms with Crippen LogP contribution in [0, 0.1) is 10.1 Å². The molecule has 1 aliphatic heterocycles. The van der Waals surface area contributed by atoms with Crippen molar-refractivity contribution in [3.63, 3.8) is 0 Å². The summed E-state index contributed by atoms with van der Waals surface area (Å²) in [5, 5.41) is 20.1. The fraction of sp³-hybridized carbons (Fsp3) is 0.462. The zero-order chi connectivity index (χ0) is 14.7. The van der Waals surface area contributed by atoms with Crippen LogP contribution in [0.15, 0.2) is 18.2 Å². The van der Waals surface area contributed by atoms with Crippen LogP contribution in [0.25, 0.3) is 0 Å². The van der Waals surface area contributed by atoms with Gasteiger partial charge in [-0.15, -0.1) is 0 Å². The Hall–Kier alpha value is -2.15. The van der Waals surface area contributed by atoms with Crippen LogP contribution >= 0.6 is 0 Å². The number of nitrogens with zero attached hydrogens (tertiary/aromatic N) is 2. The quantitative estimate of drug-likeness (QED) is 0.651. The number of hydrogen-bond acceptors (Lipinski definition) is 5. The Bertz CT molecular complexity index is 531. The third-order valence-electron chi connectivity index (χ3n) is 3.47. The highest BCUT2D eigenvalue weighted by Crippen LogP contribution is 2.29. The molecule has 0 aliphatic carbocycles. The molecule has 1 unspecified atom stereocenters. The molecule has 1 heterocycles. The van der Waals surface area contributed by atoms with E-state index < -0.39 is 16.9 Å². The number of carboxylic acids is 1. The summed E-state index contributed by atoms with van der Waals surface area (Å²) >= 11 is 0. The van der Waals surface area contributed by atoms with Crippen LogP contribution in [0.1, 0.15) is 18.4 Å². The molecule has 0 bridgehead atoms. The zero-order valence-corrected chi connectivity index (χ0v) is 11.1. The second kappa shape index (κ2) is 5.87. The van der Waals surface area contributed by atoms with Crippen LogP contribution in [0.3, 0.4) is 0 Å². The number of aliphatic carboxylic acids is 1. The number of likely N-dealkylation sites (tertiary alicyclic amines) is 1. The Kier molecular flexibility index (Phi) is 4.19. The van der Waals surface area contributed by atoms with Gasteiger partial charge >= 0.3 is 11.7 Å². The van der Waals surface area contributed by atoms with Crippen molar-refractivity contribution in [3.8, 4) is 5.75 Å². The number of hydrogen-bond donors (Lipinski definition) is 1. The van der Waals surface area contributed by atoms with Crippen molar-refractivity contribution in [2.45, 2.75) is 25.4 Å². The Morgan fingerprint density at radius 3 is 2.95 bits per heavy atom. The summed E-state index contributed by atoms with van der Waals surface area (Å²) < 4.78 is 4.94. The highest BCUT2D eigenvalue weighted by atomic mass is 16.6. The number of methoxy groups -OCH3 is 1. The summed E-state index contributed by atoms with van der Waals surface area (Å²) in [6, 6.07) is 4.20. The number of rotatable bonds is 5. The molecular weight excluding hydrogens is 264 g/mol. The molecule has 0 aromatic heterocycles. The molecule has 0 saturated carbocycles. The number of nitro benzene ring substituents is 1. The topological polar surface area (TPSA) is 92.9 Å². The Labute approximate surface area is 115 Å². The first-order valence-electron chi connectivity index (χ1n) is 6.31. The lowest BCUT2D eigenvalue weighted by atomic mass is 10.1. The van der Waals surface area contributed by atoms with Crippen LogP contribution in [-0.2, 0) is 11.3 Å². The molecule has 1 aromatic carbocycles. The minimum Gasteiger partial charge on any atom is -0.490 e. The minimum absolute atomic E-state index is 0.101. The third-order valence-corrected chi connectivity index (χ3v) is 3.47. The normalized spacial score (nSPS) is 18.9. The molecule has 7 nitrogen and oxygen atoms in total. The van der Waals surface area contributed by atoms with Crippen molar-refractivity contribution in [1.29, 1.82) is 0 Å². The average Bonchev–Trinajstić information content (AvgIpc) is 2.87. The lowest BCUT2D eigenvalue weighted by Gasteiger charge is -2.20. The number of benzene rings is 1. The monoisotopic (exact) mass is 280 g/mol. The predicted molar refractivity (Wildman–Crippen MR) is 70.7 cm³/mol. The molecule has 1 aromatic rings. The van der Waals surface area contributed by atoms with Crippen molar-refractivity contribution < 1.29 is 19.6 Å². The number of carbonyl (C=O) groups is 1. The summed E-state index contributed by atoms with van der Waals surface area (Å²) in [5.41, 5.74) is 0.613. The van der Waals surface area contributed by atoms with Gasteiger partial charge in [-0.1, -0.05) is 6.07 Å². The maximum atomic E-state index is 11.1. The molecule has 1 atom stereocenters. The molecule has 1 fully saturated rings. The molecule has 1 aliphatic rings. The van der Waals surface area contributed by atoms with Gasteiger partial charge in [-0.3, -0.25) is 19.8 Å². The Morgan fingerprint density at radius 2 is 2.35 bits per heavy atom. The summed E-state index contributed by atoms with van der Waals surface area (Å²) in [7, 11) is 1.38. The first kappa shape index (κ1) is 14.3. The summed E-state index contributed by atoms with van der Waals surface area (Å²) in [6.45, 7) is 1.08. The average molecular weight is 280 g/mol. The van der Waals surface area contributed by atoms with Gasteiger partial charge in [0.25, 0.3) is 0 Å². The predicted octanol–water partition coefficient (Wildman–Crippen LogP) is 1.65. The number of ether oxygens (including phenoxy) is 1. The molecule has 108 valence electrons. The SMILES string of the molecule is COc1ccc(CN2CCCC2C(=O)O)cc1[N+](=O)[O-]. The first-order chi connectivity index (χ1) is 9.52. The second-order valence-electron chi connectivity index (χ2n) is 4.73. The standard InChI is InChI=1S/C13H16N2O5/c1-20-12-5-4-9(7-11(12)15(18)19)8-14-6-2-3-10(14)13(16)17/h4-5,7,10H,2-3,6,8H2,1H3,(H,16,17). The smallest absolute Gasteiger partial charge is 0.320 e. The molecule has 0 spiro atoms. The molecule has 0 amide bonds. The van der Waals surface area contributed by atoms with Gasteiger partial charge in [0.2, 0.25) is 0 Å². The maximum absolute atomic E-state index is 11.1. The highest BCUT2D eigenvalue weighted by molar-refractivity contribution is 5.73. The van der Waals surface area contributed by atoms with Gasteiger partial charge in [-0.25, -0.2) is 0 Å². The lowest BCUT2D eigenvalue weighted by Crippen LogP contribution is -2.35. The zero-order valence-electron chi connectivity index (χ0n) is 11.1. The third kappa shape index (κ3) is 2.88. The van der Waals surface area contributed by atoms with E-state index in [1.165, 1.54) is 13.2 Å². The highest BCUT2D eigenvalue weighted by Gasteiger charge is 2.30. The fourth-order valence-electron chi connectivity index (χ4n) is 2.51. The van der Waals surface area contributed by atoms with Crippen LogP contribution in [-0.4, -0.2) is 40.6 Å². The van der Waals surface area contributed by atoms with E-state index in [0.717, 1.165) is 6.42 Å². The van der Waals surface area contributed by atoms with Crippen molar-refractivity contribution in [2.24, 2.45) is 0 Å². The maximum Gasteiger partial charge on any atom is 0.320 e. The van der Waals surface area contributed by atoms with Crippen molar-refractivity contribution in [1.82, 2.24) is 4.90 Å². The van der Waals surface area contributed by atoms with E-state index in [1.807, 2.05) is 4.90 Å². The largest absolute Gasteiger partial charge is 0.490 e. The van der Waals surface area contributed by atoms with E-state index in [1.54, 1.807) is 12.1 Å². The molecule has 7 heteroatoms. The summed E-state index contributed by atoms with van der Waals surface area (Å²) in [4.78, 5) is 23.4. The van der Waals surface area contributed by atoms with E-state index in [-0.39, 0.29) is 11.4 Å². The second-order valence-corrected chi connectivity index (χ2v) is 4.73. The van der Waals surface area contributed by atoms with Crippen LogP contribution in [0.5, 0.6) is 5.75 Å². The van der Waals surface area contributed by atoms with Gasteiger partial charge in [-0.05, 0) is 31.0 Å². The van der Waals surface area contributed by atoms with Gasteiger partial charge in [0.05, 0.1) is 12.0 Å². The fourth-order valence-corrected chi connectivity index (χ4v) is 2.51. The molecule has 1 saturated heterocycles. The van der Waals surface area contributed by atoms with Gasteiger partial charge in [0.1, 0.15) is 6.04 Å².